The Morgan fingerprint density at radius 3 is 2.36 bits per heavy atom. The lowest BCUT2D eigenvalue weighted by molar-refractivity contribution is 0.516. The first-order valence-electron chi connectivity index (χ1n) is 4.53. The fraction of sp³-hybridized carbons (Fsp3) is 0.273. The topological polar surface area (TPSA) is 9.23 Å². The summed E-state index contributed by atoms with van der Waals surface area (Å²) >= 11 is 2.30. The molecule has 0 aliphatic heterocycles. The van der Waals surface area contributed by atoms with Crippen LogP contribution in [0.1, 0.15) is 5.56 Å². The normalized spacial score (nSPS) is 11.1. The zero-order valence-electron chi connectivity index (χ0n) is 8.80. The van der Waals surface area contributed by atoms with Crippen LogP contribution in [0.15, 0.2) is 30.8 Å². The number of hydrogen-bond donors (Lipinski definition) is 0. The largest absolute Gasteiger partial charge is 0.544 e. The van der Waals surface area contributed by atoms with Crippen molar-refractivity contribution in [1.29, 1.82) is 0 Å². The van der Waals surface area contributed by atoms with E-state index < -0.39 is 8.32 Å². The summed E-state index contributed by atoms with van der Waals surface area (Å²) in [6.45, 7) is 10.5. The van der Waals surface area contributed by atoms with Gasteiger partial charge in [0, 0.05) is 9.13 Å². The van der Waals surface area contributed by atoms with Crippen molar-refractivity contribution in [2.24, 2.45) is 0 Å². The maximum absolute atomic E-state index is 5.84. The predicted molar refractivity (Wildman–Crippen MR) is 72.6 cm³/mol. The third-order valence-corrected chi connectivity index (χ3v) is 3.40. The quantitative estimate of drug-likeness (QED) is 0.463. The third kappa shape index (κ3) is 3.46. The van der Waals surface area contributed by atoms with Crippen LogP contribution >= 0.6 is 22.6 Å². The highest BCUT2D eigenvalue weighted by Crippen LogP contribution is 2.23. The van der Waals surface area contributed by atoms with Crippen molar-refractivity contribution in [2.75, 3.05) is 0 Å². The monoisotopic (exact) mass is 318 g/mol. The van der Waals surface area contributed by atoms with Gasteiger partial charge in [0.15, 0.2) is 0 Å². The zero-order valence-corrected chi connectivity index (χ0v) is 12.0. The van der Waals surface area contributed by atoms with Crippen LogP contribution in [0, 0.1) is 3.57 Å². The van der Waals surface area contributed by atoms with Crippen LogP contribution in [0.2, 0.25) is 19.6 Å². The summed E-state index contributed by atoms with van der Waals surface area (Å²) in [6, 6.07) is 8.14. The van der Waals surface area contributed by atoms with Gasteiger partial charge in [-0.25, -0.2) is 0 Å². The van der Waals surface area contributed by atoms with Gasteiger partial charge in [0.05, 0.1) is 0 Å². The molecule has 0 bridgehead atoms. The molecule has 0 radical (unpaired) electrons. The molecule has 1 aromatic rings. The minimum atomic E-state index is -1.53. The minimum Gasteiger partial charge on any atom is -0.544 e. The fourth-order valence-corrected chi connectivity index (χ4v) is 2.65. The van der Waals surface area contributed by atoms with E-state index in [0.29, 0.717) is 0 Å². The zero-order chi connectivity index (χ0) is 10.8. The molecule has 0 aliphatic carbocycles. The molecule has 1 rings (SSSR count). The van der Waals surface area contributed by atoms with Crippen molar-refractivity contribution >= 4 is 36.7 Å². The van der Waals surface area contributed by atoms with Gasteiger partial charge < -0.3 is 4.43 Å². The van der Waals surface area contributed by atoms with Gasteiger partial charge in [0.1, 0.15) is 5.76 Å². The molecule has 0 atom stereocenters. The SMILES string of the molecule is C=C(O[Si](C)(C)C)c1ccccc1I. The van der Waals surface area contributed by atoms with Gasteiger partial charge in [-0.05, 0) is 48.3 Å². The van der Waals surface area contributed by atoms with E-state index in [1.807, 2.05) is 18.2 Å². The Morgan fingerprint density at radius 1 is 1.29 bits per heavy atom. The van der Waals surface area contributed by atoms with Crippen molar-refractivity contribution < 1.29 is 4.43 Å². The maximum atomic E-state index is 5.84. The van der Waals surface area contributed by atoms with Crippen LogP contribution in [0.4, 0.5) is 0 Å². The molecule has 0 aliphatic rings. The summed E-state index contributed by atoms with van der Waals surface area (Å²) in [5.74, 6) is 0.800. The summed E-state index contributed by atoms with van der Waals surface area (Å²) in [5.41, 5.74) is 1.11. The number of halogens is 1. The second kappa shape index (κ2) is 4.48. The number of benzene rings is 1. The average Bonchev–Trinajstić information content (AvgIpc) is 2.01. The predicted octanol–water partition coefficient (Wildman–Crippen LogP) is 4.11. The Labute approximate surface area is 100 Å². The number of rotatable bonds is 3. The lowest BCUT2D eigenvalue weighted by Gasteiger charge is -2.21. The van der Waals surface area contributed by atoms with Gasteiger partial charge in [-0.2, -0.15) is 0 Å². The molecule has 1 aromatic carbocycles. The smallest absolute Gasteiger partial charge is 0.242 e. The van der Waals surface area contributed by atoms with Crippen LogP contribution in [0.5, 0.6) is 0 Å². The second-order valence-corrected chi connectivity index (χ2v) is 9.71. The van der Waals surface area contributed by atoms with E-state index >= 15 is 0 Å². The highest BCUT2D eigenvalue weighted by molar-refractivity contribution is 14.1. The Kier molecular flexibility index (Phi) is 3.77. The molecule has 0 fully saturated rings. The molecule has 14 heavy (non-hydrogen) atoms. The molecule has 3 heteroatoms. The van der Waals surface area contributed by atoms with Gasteiger partial charge >= 0.3 is 0 Å². The van der Waals surface area contributed by atoms with E-state index in [2.05, 4.69) is 54.9 Å². The molecular formula is C11H15IOSi. The molecular weight excluding hydrogens is 303 g/mol. The summed E-state index contributed by atoms with van der Waals surface area (Å²) < 4.78 is 7.03. The minimum absolute atomic E-state index is 0.800. The van der Waals surface area contributed by atoms with Crippen LogP contribution in [0.25, 0.3) is 5.76 Å². The van der Waals surface area contributed by atoms with Gasteiger partial charge in [-0.15, -0.1) is 0 Å². The second-order valence-electron chi connectivity index (χ2n) is 4.12. The fourth-order valence-electron chi connectivity index (χ4n) is 1.11. The molecule has 0 N–H and O–H groups in total. The van der Waals surface area contributed by atoms with Crippen LogP contribution in [-0.4, -0.2) is 8.32 Å². The van der Waals surface area contributed by atoms with Gasteiger partial charge in [0.25, 0.3) is 0 Å². The molecule has 0 spiro atoms. The first-order valence-corrected chi connectivity index (χ1v) is 9.02. The van der Waals surface area contributed by atoms with Crippen molar-refractivity contribution in [3.63, 3.8) is 0 Å². The summed E-state index contributed by atoms with van der Waals surface area (Å²) in [6.07, 6.45) is 0. The van der Waals surface area contributed by atoms with Crippen molar-refractivity contribution in [1.82, 2.24) is 0 Å². The lowest BCUT2D eigenvalue weighted by atomic mass is 10.2. The Morgan fingerprint density at radius 2 is 1.86 bits per heavy atom. The maximum Gasteiger partial charge on any atom is 0.242 e. The molecule has 0 aromatic heterocycles. The Balaban J connectivity index is 2.86. The summed E-state index contributed by atoms with van der Waals surface area (Å²) in [7, 11) is -1.53. The van der Waals surface area contributed by atoms with Crippen molar-refractivity contribution in [2.45, 2.75) is 19.6 Å². The van der Waals surface area contributed by atoms with Crippen LogP contribution in [-0.2, 0) is 4.43 Å². The van der Waals surface area contributed by atoms with Crippen molar-refractivity contribution in [3.8, 4) is 0 Å². The van der Waals surface area contributed by atoms with E-state index in [1.54, 1.807) is 0 Å². The molecule has 1 nitrogen and oxygen atoms in total. The highest BCUT2D eigenvalue weighted by Gasteiger charge is 2.18. The Hall–Kier alpha value is -0.293. The molecule has 0 unspecified atom stereocenters. The van der Waals surface area contributed by atoms with Gasteiger partial charge in [-0.3, -0.25) is 0 Å². The standard InChI is InChI=1S/C11H15IOSi/c1-9(13-14(2,3)4)10-7-5-6-8-11(10)12/h5-8H,1H2,2-4H3. The lowest BCUT2D eigenvalue weighted by Crippen LogP contribution is -2.24. The molecule has 76 valence electrons. The third-order valence-electron chi connectivity index (χ3n) is 1.60. The van der Waals surface area contributed by atoms with Gasteiger partial charge in [0.2, 0.25) is 8.32 Å². The first kappa shape index (κ1) is 11.8. The Bertz CT molecular complexity index is 341. The number of hydrogen-bond acceptors (Lipinski definition) is 1. The van der Waals surface area contributed by atoms with E-state index in [9.17, 15) is 0 Å². The highest BCUT2D eigenvalue weighted by atomic mass is 127. The van der Waals surface area contributed by atoms with Crippen LogP contribution < -0.4 is 0 Å². The summed E-state index contributed by atoms with van der Waals surface area (Å²) in [4.78, 5) is 0. The molecule has 0 saturated heterocycles. The van der Waals surface area contributed by atoms with Crippen molar-refractivity contribution in [3.05, 3.63) is 40.0 Å². The molecule has 0 amide bonds. The molecule has 0 heterocycles. The van der Waals surface area contributed by atoms with E-state index in [1.165, 1.54) is 3.57 Å². The van der Waals surface area contributed by atoms with E-state index in [4.69, 9.17) is 4.43 Å². The van der Waals surface area contributed by atoms with Crippen LogP contribution in [0.3, 0.4) is 0 Å². The molecule has 0 saturated carbocycles. The van der Waals surface area contributed by atoms with E-state index in [-0.39, 0.29) is 0 Å². The van der Waals surface area contributed by atoms with Gasteiger partial charge in [-0.1, -0.05) is 24.8 Å². The first-order chi connectivity index (χ1) is 6.40. The van der Waals surface area contributed by atoms with E-state index in [0.717, 1.165) is 11.3 Å². The average molecular weight is 318 g/mol. The summed E-state index contributed by atoms with van der Waals surface area (Å²) in [5, 5.41) is 0.